The molecule has 0 amide bonds. The first-order valence-electron chi connectivity index (χ1n) is 4.67. The lowest BCUT2D eigenvalue weighted by Gasteiger charge is -2.22. The minimum absolute atomic E-state index is 0.443. The Balaban J connectivity index is 1.95. The molecule has 1 aliphatic rings. The monoisotopic (exact) mass is 257 g/mol. The third-order valence-electron chi connectivity index (χ3n) is 2.18. The second-order valence-corrected chi connectivity index (χ2v) is 4.05. The van der Waals surface area contributed by atoms with Gasteiger partial charge in [-0.05, 0) is 34.8 Å². The van der Waals surface area contributed by atoms with Gasteiger partial charge in [0.2, 0.25) is 5.95 Å². The van der Waals surface area contributed by atoms with E-state index in [1.54, 1.807) is 6.20 Å². The van der Waals surface area contributed by atoms with Gasteiger partial charge in [-0.15, -0.1) is 0 Å². The van der Waals surface area contributed by atoms with Crippen LogP contribution in [0.5, 0.6) is 0 Å². The quantitative estimate of drug-likeness (QED) is 0.822. The van der Waals surface area contributed by atoms with Gasteiger partial charge in [0, 0.05) is 25.5 Å². The summed E-state index contributed by atoms with van der Waals surface area (Å²) in [6.45, 7) is 1.65. The summed E-state index contributed by atoms with van der Waals surface area (Å²) in [5.74, 6) is 0.686. The molecule has 1 N–H and O–H groups in total. The Hall–Kier alpha value is -0.680. The van der Waals surface area contributed by atoms with E-state index in [2.05, 4.69) is 31.2 Å². The van der Waals surface area contributed by atoms with Gasteiger partial charge < -0.3 is 10.1 Å². The number of halogens is 1. The molecule has 1 aliphatic heterocycles. The second-order valence-electron chi connectivity index (χ2n) is 3.23. The SMILES string of the molecule is Brc1ccnc(NC2CCOCC2)n1. The van der Waals surface area contributed by atoms with Crippen molar-refractivity contribution in [2.24, 2.45) is 0 Å². The molecule has 1 aromatic heterocycles. The Morgan fingerprint density at radius 2 is 2.21 bits per heavy atom. The number of nitrogens with zero attached hydrogens (tertiary/aromatic N) is 2. The van der Waals surface area contributed by atoms with E-state index in [-0.39, 0.29) is 0 Å². The molecule has 0 spiro atoms. The zero-order valence-electron chi connectivity index (χ0n) is 7.74. The number of nitrogens with one attached hydrogen (secondary N) is 1. The number of anilines is 1. The topological polar surface area (TPSA) is 47.0 Å². The van der Waals surface area contributed by atoms with Crippen LogP contribution in [0.25, 0.3) is 0 Å². The van der Waals surface area contributed by atoms with Gasteiger partial charge in [-0.3, -0.25) is 0 Å². The highest BCUT2D eigenvalue weighted by Crippen LogP contribution is 2.13. The molecule has 0 aliphatic carbocycles. The highest BCUT2D eigenvalue weighted by molar-refractivity contribution is 9.10. The van der Waals surface area contributed by atoms with E-state index in [4.69, 9.17) is 4.74 Å². The van der Waals surface area contributed by atoms with Crippen molar-refractivity contribution in [3.63, 3.8) is 0 Å². The zero-order chi connectivity index (χ0) is 9.80. The second kappa shape index (κ2) is 4.70. The summed E-state index contributed by atoms with van der Waals surface area (Å²) in [4.78, 5) is 8.36. The number of hydrogen-bond donors (Lipinski definition) is 1. The smallest absolute Gasteiger partial charge is 0.223 e. The van der Waals surface area contributed by atoms with Gasteiger partial charge >= 0.3 is 0 Å². The summed E-state index contributed by atoms with van der Waals surface area (Å²) in [7, 11) is 0. The predicted octanol–water partition coefficient (Wildman–Crippen LogP) is 1.83. The fourth-order valence-electron chi connectivity index (χ4n) is 1.43. The molecule has 0 radical (unpaired) electrons. The van der Waals surface area contributed by atoms with E-state index in [0.717, 1.165) is 30.7 Å². The van der Waals surface area contributed by atoms with Gasteiger partial charge in [-0.25, -0.2) is 9.97 Å². The fraction of sp³-hybridized carbons (Fsp3) is 0.556. The van der Waals surface area contributed by atoms with Crippen LogP contribution in [0.1, 0.15) is 12.8 Å². The molecule has 0 bridgehead atoms. The summed E-state index contributed by atoms with van der Waals surface area (Å²) in [6.07, 6.45) is 3.78. The van der Waals surface area contributed by atoms with Gasteiger partial charge in [-0.1, -0.05) is 0 Å². The van der Waals surface area contributed by atoms with Crippen molar-refractivity contribution in [3.05, 3.63) is 16.9 Å². The normalized spacial score (nSPS) is 18.1. The first-order chi connectivity index (χ1) is 6.84. The molecule has 2 heterocycles. The lowest BCUT2D eigenvalue weighted by atomic mass is 10.1. The van der Waals surface area contributed by atoms with E-state index < -0.39 is 0 Å². The van der Waals surface area contributed by atoms with E-state index >= 15 is 0 Å². The van der Waals surface area contributed by atoms with Crippen LogP contribution in [0.4, 0.5) is 5.95 Å². The average Bonchev–Trinajstić information content (AvgIpc) is 2.19. The van der Waals surface area contributed by atoms with Crippen molar-refractivity contribution >= 4 is 21.9 Å². The summed E-state index contributed by atoms with van der Waals surface area (Å²) >= 11 is 3.31. The number of ether oxygens (including phenoxy) is 1. The maximum absolute atomic E-state index is 5.27. The van der Waals surface area contributed by atoms with Crippen molar-refractivity contribution in [2.75, 3.05) is 18.5 Å². The average molecular weight is 258 g/mol. The molecular weight excluding hydrogens is 246 g/mol. The van der Waals surface area contributed by atoms with E-state index in [0.29, 0.717) is 12.0 Å². The van der Waals surface area contributed by atoms with Crippen molar-refractivity contribution < 1.29 is 4.74 Å². The number of rotatable bonds is 2. The van der Waals surface area contributed by atoms with Crippen LogP contribution in [0.3, 0.4) is 0 Å². The van der Waals surface area contributed by atoms with Crippen molar-refractivity contribution in [3.8, 4) is 0 Å². The molecule has 0 unspecified atom stereocenters. The zero-order valence-corrected chi connectivity index (χ0v) is 9.33. The molecule has 14 heavy (non-hydrogen) atoms. The molecule has 0 aromatic carbocycles. The van der Waals surface area contributed by atoms with Crippen molar-refractivity contribution in [2.45, 2.75) is 18.9 Å². The van der Waals surface area contributed by atoms with Crippen LogP contribution < -0.4 is 5.32 Å². The Morgan fingerprint density at radius 3 is 2.93 bits per heavy atom. The lowest BCUT2D eigenvalue weighted by molar-refractivity contribution is 0.0903. The molecule has 4 nitrogen and oxygen atoms in total. The Kier molecular flexibility index (Phi) is 3.31. The van der Waals surface area contributed by atoms with Gasteiger partial charge in [-0.2, -0.15) is 0 Å². The van der Waals surface area contributed by atoms with Crippen LogP contribution in [0.15, 0.2) is 16.9 Å². The van der Waals surface area contributed by atoms with Crippen LogP contribution in [-0.2, 0) is 4.74 Å². The van der Waals surface area contributed by atoms with Gasteiger partial charge in [0.05, 0.1) is 0 Å². The molecule has 2 rings (SSSR count). The summed E-state index contributed by atoms with van der Waals surface area (Å²) in [5.41, 5.74) is 0. The molecule has 1 saturated heterocycles. The minimum Gasteiger partial charge on any atom is -0.381 e. The summed E-state index contributed by atoms with van der Waals surface area (Å²) < 4.78 is 6.08. The molecule has 1 aromatic rings. The Bertz CT molecular complexity index is 302. The highest BCUT2D eigenvalue weighted by atomic mass is 79.9. The maximum Gasteiger partial charge on any atom is 0.223 e. The molecule has 0 atom stereocenters. The lowest BCUT2D eigenvalue weighted by Crippen LogP contribution is -2.28. The highest BCUT2D eigenvalue weighted by Gasteiger charge is 2.14. The molecule has 1 fully saturated rings. The van der Waals surface area contributed by atoms with Crippen molar-refractivity contribution in [1.29, 1.82) is 0 Å². The molecule has 0 saturated carbocycles. The van der Waals surface area contributed by atoms with Gasteiger partial charge in [0.1, 0.15) is 4.60 Å². The number of aromatic nitrogens is 2. The predicted molar refractivity (Wildman–Crippen MR) is 57.2 cm³/mol. The standard InChI is InChI=1S/C9H12BrN3O/c10-8-1-4-11-9(13-8)12-7-2-5-14-6-3-7/h1,4,7H,2-3,5-6H2,(H,11,12,13). The Labute approximate surface area is 91.2 Å². The van der Waals surface area contributed by atoms with E-state index in [9.17, 15) is 0 Å². The summed E-state index contributed by atoms with van der Waals surface area (Å²) in [5, 5.41) is 3.29. The third kappa shape index (κ3) is 2.65. The van der Waals surface area contributed by atoms with Crippen LogP contribution >= 0.6 is 15.9 Å². The largest absolute Gasteiger partial charge is 0.381 e. The van der Waals surface area contributed by atoms with Crippen LogP contribution in [0.2, 0.25) is 0 Å². The molecular formula is C9H12BrN3O. The van der Waals surface area contributed by atoms with E-state index in [1.165, 1.54) is 0 Å². The third-order valence-corrected chi connectivity index (χ3v) is 2.62. The van der Waals surface area contributed by atoms with Crippen molar-refractivity contribution in [1.82, 2.24) is 9.97 Å². The van der Waals surface area contributed by atoms with Gasteiger partial charge in [0.25, 0.3) is 0 Å². The maximum atomic E-state index is 5.27. The minimum atomic E-state index is 0.443. The number of hydrogen-bond acceptors (Lipinski definition) is 4. The fourth-order valence-corrected chi connectivity index (χ4v) is 1.72. The molecule has 5 heteroatoms. The summed E-state index contributed by atoms with van der Waals surface area (Å²) in [6, 6.07) is 2.26. The molecule has 76 valence electrons. The first-order valence-corrected chi connectivity index (χ1v) is 5.47. The van der Waals surface area contributed by atoms with Crippen LogP contribution in [-0.4, -0.2) is 29.2 Å². The first kappa shape index (κ1) is 9.86. The van der Waals surface area contributed by atoms with Crippen LogP contribution in [0, 0.1) is 0 Å². The Morgan fingerprint density at radius 1 is 1.43 bits per heavy atom. The van der Waals surface area contributed by atoms with E-state index in [1.807, 2.05) is 6.07 Å². The van der Waals surface area contributed by atoms with Gasteiger partial charge in [0.15, 0.2) is 0 Å².